The first-order chi connectivity index (χ1) is 8.99. The van der Waals surface area contributed by atoms with Gasteiger partial charge in [-0.1, -0.05) is 13.8 Å². The van der Waals surface area contributed by atoms with Crippen LogP contribution in [0.4, 0.5) is 0 Å². The van der Waals surface area contributed by atoms with E-state index in [0.29, 0.717) is 5.75 Å². The molecule has 0 saturated carbocycles. The van der Waals surface area contributed by atoms with Crippen molar-refractivity contribution in [2.75, 3.05) is 19.7 Å². The number of rotatable bonds is 5. The first-order valence-corrected chi connectivity index (χ1v) is 7.08. The zero-order valence-corrected chi connectivity index (χ0v) is 11.8. The lowest BCUT2D eigenvalue weighted by Crippen LogP contribution is -2.44. The van der Waals surface area contributed by atoms with Crippen LogP contribution in [0.2, 0.25) is 0 Å². The molecular formula is C13H17NO4S. The molecule has 0 radical (unpaired) electrons. The molecule has 0 atom stereocenters. The van der Waals surface area contributed by atoms with Gasteiger partial charge in [-0.2, -0.15) is 0 Å². The van der Waals surface area contributed by atoms with Crippen LogP contribution < -0.4 is 4.74 Å². The van der Waals surface area contributed by atoms with Gasteiger partial charge in [0.05, 0.1) is 0 Å². The summed E-state index contributed by atoms with van der Waals surface area (Å²) in [5, 5.41) is 9.13. The van der Waals surface area contributed by atoms with Crippen LogP contribution in [-0.4, -0.2) is 41.6 Å². The van der Waals surface area contributed by atoms with Crippen LogP contribution in [0.25, 0.3) is 0 Å². The van der Waals surface area contributed by atoms with Gasteiger partial charge >= 0.3 is 5.97 Å². The molecule has 0 spiro atoms. The highest BCUT2D eigenvalue weighted by Gasteiger charge is 2.23. The Morgan fingerprint density at radius 1 is 1.47 bits per heavy atom. The number of amides is 1. The van der Waals surface area contributed by atoms with Crippen molar-refractivity contribution in [1.82, 2.24) is 4.90 Å². The Hall–Kier alpha value is -1.56. The summed E-state index contributed by atoms with van der Waals surface area (Å²) in [4.78, 5) is 25.6. The number of aromatic carboxylic acids is 1. The lowest BCUT2D eigenvalue weighted by Gasteiger charge is -2.30. The van der Waals surface area contributed by atoms with Crippen molar-refractivity contribution >= 4 is 23.2 Å². The van der Waals surface area contributed by atoms with E-state index < -0.39 is 5.97 Å². The molecule has 5 nitrogen and oxygen atoms in total. The van der Waals surface area contributed by atoms with Crippen LogP contribution in [0.3, 0.4) is 0 Å². The molecule has 0 aromatic carbocycles. The molecule has 0 bridgehead atoms. The Morgan fingerprint density at radius 2 is 2.16 bits per heavy atom. The van der Waals surface area contributed by atoms with Gasteiger partial charge in [-0.3, -0.25) is 4.79 Å². The zero-order valence-electron chi connectivity index (χ0n) is 11.0. The first-order valence-electron chi connectivity index (χ1n) is 6.26. The van der Waals surface area contributed by atoms with E-state index in [1.807, 2.05) is 13.8 Å². The van der Waals surface area contributed by atoms with Crippen molar-refractivity contribution in [3.63, 3.8) is 0 Å². The van der Waals surface area contributed by atoms with Gasteiger partial charge in [-0.25, -0.2) is 4.79 Å². The smallest absolute Gasteiger partial charge is 0.349 e. The van der Waals surface area contributed by atoms with E-state index >= 15 is 0 Å². The Balaban J connectivity index is 2.05. The maximum absolute atomic E-state index is 11.7. The van der Waals surface area contributed by atoms with Gasteiger partial charge in [0.2, 0.25) is 0 Å². The van der Waals surface area contributed by atoms with Gasteiger partial charge in [0.15, 0.2) is 11.5 Å². The number of carboxylic acids is 1. The number of carboxylic acid groups (broad SMARTS) is 1. The van der Waals surface area contributed by atoms with Crippen molar-refractivity contribution in [2.45, 2.75) is 26.2 Å². The van der Waals surface area contributed by atoms with Gasteiger partial charge in [0, 0.05) is 18.0 Å². The largest absolute Gasteiger partial charge is 0.482 e. The summed E-state index contributed by atoms with van der Waals surface area (Å²) in [5.74, 6) is -0.551. The van der Waals surface area contributed by atoms with Crippen molar-refractivity contribution in [3.8, 4) is 5.75 Å². The second kappa shape index (κ2) is 5.61. The number of hydrogen-bond donors (Lipinski definition) is 1. The highest BCUT2D eigenvalue weighted by molar-refractivity contribution is 7.14. The number of ether oxygens (including phenoxy) is 1. The molecule has 1 saturated heterocycles. The lowest BCUT2D eigenvalue weighted by atomic mass is 10.2. The number of nitrogens with zero attached hydrogens (tertiary/aromatic N) is 1. The summed E-state index contributed by atoms with van der Waals surface area (Å²) in [6, 6.07) is 1.72. The highest BCUT2D eigenvalue weighted by atomic mass is 32.1. The molecule has 19 heavy (non-hydrogen) atoms. The Labute approximate surface area is 115 Å². The Bertz CT molecular complexity index is 491. The van der Waals surface area contributed by atoms with Crippen LogP contribution >= 0.6 is 11.3 Å². The number of carbonyl (C=O) groups is 2. The van der Waals surface area contributed by atoms with Crippen molar-refractivity contribution in [2.24, 2.45) is 0 Å². The summed E-state index contributed by atoms with van der Waals surface area (Å²) in [6.45, 7) is 5.44. The monoisotopic (exact) mass is 283 g/mol. The average molecular weight is 283 g/mol. The summed E-state index contributed by atoms with van der Waals surface area (Å²) in [6.07, 6.45) is 1.03. The molecule has 2 rings (SSSR count). The molecule has 1 aliphatic rings. The third-order valence-electron chi connectivity index (χ3n) is 3.04. The number of carbonyl (C=O) groups excluding carboxylic acids is 1. The Kier molecular flexibility index (Phi) is 4.09. The molecular weight excluding hydrogens is 266 g/mol. The van der Waals surface area contributed by atoms with Crippen LogP contribution in [-0.2, 0) is 4.79 Å². The van der Waals surface area contributed by atoms with Crippen LogP contribution in [0, 0.1) is 0 Å². The number of thiophene rings is 1. The predicted octanol–water partition coefficient (Wildman–Crippen LogP) is 2.18. The minimum Gasteiger partial charge on any atom is -0.482 e. The molecule has 2 heterocycles. The van der Waals surface area contributed by atoms with E-state index in [2.05, 4.69) is 0 Å². The molecule has 0 aliphatic carbocycles. The molecule has 0 unspecified atom stereocenters. The zero-order chi connectivity index (χ0) is 14.0. The molecule has 1 aromatic rings. The van der Waals surface area contributed by atoms with E-state index in [4.69, 9.17) is 9.84 Å². The number of hydrogen-bond acceptors (Lipinski definition) is 4. The average Bonchev–Trinajstić information content (AvgIpc) is 2.68. The molecule has 1 fully saturated rings. The van der Waals surface area contributed by atoms with Crippen LogP contribution in [0.15, 0.2) is 6.07 Å². The fourth-order valence-corrected chi connectivity index (χ4v) is 2.67. The first kappa shape index (κ1) is 13.9. The molecule has 104 valence electrons. The van der Waals surface area contributed by atoms with Crippen molar-refractivity contribution in [1.29, 1.82) is 0 Å². The third kappa shape index (κ3) is 3.07. The van der Waals surface area contributed by atoms with Gasteiger partial charge < -0.3 is 14.7 Å². The van der Waals surface area contributed by atoms with E-state index in [-0.39, 0.29) is 23.3 Å². The van der Waals surface area contributed by atoms with Gasteiger partial charge in [-0.15, -0.1) is 11.3 Å². The van der Waals surface area contributed by atoms with E-state index in [9.17, 15) is 9.59 Å². The second-order valence-electron chi connectivity index (χ2n) is 4.83. The second-order valence-corrected chi connectivity index (χ2v) is 5.91. The third-order valence-corrected chi connectivity index (χ3v) is 4.45. The molecule has 1 N–H and O–H groups in total. The molecule has 1 aromatic heterocycles. The topological polar surface area (TPSA) is 66.8 Å². The predicted molar refractivity (Wildman–Crippen MR) is 72.1 cm³/mol. The highest BCUT2D eigenvalue weighted by Crippen LogP contribution is 2.33. The van der Waals surface area contributed by atoms with E-state index in [1.165, 1.54) is 11.3 Å². The normalized spacial score (nSPS) is 14.4. The van der Waals surface area contributed by atoms with Gasteiger partial charge in [0.25, 0.3) is 5.91 Å². The maximum atomic E-state index is 11.7. The SMILES string of the molecule is CC(C)c1cc(OCC(=O)N2CCC2)c(C(=O)O)s1. The summed E-state index contributed by atoms with van der Waals surface area (Å²) in [5.41, 5.74) is 0. The molecule has 1 amide bonds. The lowest BCUT2D eigenvalue weighted by molar-refractivity contribution is -0.136. The van der Waals surface area contributed by atoms with Crippen LogP contribution in [0.5, 0.6) is 5.75 Å². The fraction of sp³-hybridized carbons (Fsp3) is 0.538. The molecule has 1 aliphatic heterocycles. The molecule has 6 heteroatoms. The minimum atomic E-state index is -1.01. The number of likely N-dealkylation sites (tertiary alicyclic amines) is 1. The summed E-state index contributed by atoms with van der Waals surface area (Å²) < 4.78 is 5.39. The summed E-state index contributed by atoms with van der Waals surface area (Å²) in [7, 11) is 0. The maximum Gasteiger partial charge on any atom is 0.349 e. The van der Waals surface area contributed by atoms with Gasteiger partial charge in [0.1, 0.15) is 5.75 Å². The van der Waals surface area contributed by atoms with Crippen molar-refractivity contribution in [3.05, 3.63) is 15.8 Å². The van der Waals surface area contributed by atoms with E-state index in [1.54, 1.807) is 11.0 Å². The standard InChI is InChI=1S/C13H17NO4S/c1-8(2)10-6-9(12(19-10)13(16)17)18-7-11(15)14-4-3-5-14/h6,8H,3-5,7H2,1-2H3,(H,16,17). The summed E-state index contributed by atoms with van der Waals surface area (Å²) >= 11 is 1.21. The van der Waals surface area contributed by atoms with Crippen molar-refractivity contribution < 1.29 is 19.4 Å². The quantitative estimate of drug-likeness (QED) is 0.899. The van der Waals surface area contributed by atoms with Crippen LogP contribution in [0.1, 0.15) is 40.7 Å². The minimum absolute atomic E-state index is 0.0834. The van der Waals surface area contributed by atoms with Gasteiger partial charge in [-0.05, 0) is 18.4 Å². The Morgan fingerprint density at radius 3 is 2.63 bits per heavy atom. The van der Waals surface area contributed by atoms with E-state index in [0.717, 1.165) is 24.4 Å². The fourth-order valence-electron chi connectivity index (χ4n) is 1.73.